The number of hydrogen-bond acceptors (Lipinski definition) is 3. The zero-order valence-corrected chi connectivity index (χ0v) is 9.95. The Hall–Kier alpha value is -2.64. The van der Waals surface area contributed by atoms with E-state index in [9.17, 15) is 18.0 Å². The standard InChI is InChI=1S/C12H9F3N4O/c13-12(14,15)10-7(2-1-3-18-10)9(20)6-4-8(11(16)17)19-5-6/h1-5,19H,(H3,16,17). The largest absolute Gasteiger partial charge is 0.434 e. The topological polar surface area (TPSA) is 95.6 Å². The average molecular weight is 282 g/mol. The molecular weight excluding hydrogens is 273 g/mol. The summed E-state index contributed by atoms with van der Waals surface area (Å²) in [5, 5.41) is 7.18. The number of aromatic amines is 1. The number of alkyl halides is 3. The summed E-state index contributed by atoms with van der Waals surface area (Å²) in [5.41, 5.74) is 3.56. The van der Waals surface area contributed by atoms with Gasteiger partial charge < -0.3 is 10.7 Å². The van der Waals surface area contributed by atoms with E-state index in [0.717, 1.165) is 12.3 Å². The van der Waals surface area contributed by atoms with Crippen molar-refractivity contribution in [3.05, 3.63) is 53.1 Å². The Morgan fingerprint density at radius 2 is 2.10 bits per heavy atom. The second kappa shape index (κ2) is 4.80. The van der Waals surface area contributed by atoms with Gasteiger partial charge in [0.2, 0.25) is 0 Å². The Morgan fingerprint density at radius 3 is 2.65 bits per heavy atom. The fourth-order valence-electron chi connectivity index (χ4n) is 1.65. The van der Waals surface area contributed by atoms with Crippen LogP contribution < -0.4 is 5.73 Å². The lowest BCUT2D eigenvalue weighted by atomic mass is 10.0. The number of rotatable bonds is 3. The van der Waals surface area contributed by atoms with E-state index >= 15 is 0 Å². The molecule has 0 aliphatic heterocycles. The highest BCUT2D eigenvalue weighted by molar-refractivity contribution is 6.10. The molecule has 8 heteroatoms. The first-order chi connectivity index (χ1) is 9.30. The van der Waals surface area contributed by atoms with Crippen molar-refractivity contribution in [3.8, 4) is 0 Å². The fourth-order valence-corrected chi connectivity index (χ4v) is 1.65. The van der Waals surface area contributed by atoms with Crippen LogP contribution in [-0.2, 0) is 6.18 Å². The number of aromatic nitrogens is 2. The highest BCUT2D eigenvalue weighted by Gasteiger charge is 2.37. The minimum absolute atomic E-state index is 0.0197. The van der Waals surface area contributed by atoms with Gasteiger partial charge in [-0.3, -0.25) is 15.2 Å². The van der Waals surface area contributed by atoms with Gasteiger partial charge in [0.25, 0.3) is 0 Å². The van der Waals surface area contributed by atoms with Gasteiger partial charge in [-0.15, -0.1) is 0 Å². The van der Waals surface area contributed by atoms with Crippen LogP contribution in [0.3, 0.4) is 0 Å². The molecule has 0 aliphatic carbocycles. The van der Waals surface area contributed by atoms with Crippen LogP contribution in [0, 0.1) is 5.41 Å². The molecule has 2 aromatic heterocycles. The number of carbonyl (C=O) groups excluding carboxylic acids is 1. The molecule has 0 radical (unpaired) electrons. The lowest BCUT2D eigenvalue weighted by molar-refractivity contribution is -0.141. The molecule has 0 bridgehead atoms. The third-order valence-electron chi connectivity index (χ3n) is 2.56. The highest BCUT2D eigenvalue weighted by Crippen LogP contribution is 2.31. The van der Waals surface area contributed by atoms with Crippen molar-refractivity contribution in [2.45, 2.75) is 6.18 Å². The smallest absolute Gasteiger partial charge is 0.382 e. The Labute approximate surface area is 111 Å². The Morgan fingerprint density at radius 1 is 1.40 bits per heavy atom. The molecule has 2 heterocycles. The summed E-state index contributed by atoms with van der Waals surface area (Å²) in [6, 6.07) is 3.53. The maximum absolute atomic E-state index is 12.8. The van der Waals surface area contributed by atoms with Gasteiger partial charge >= 0.3 is 6.18 Å². The normalized spacial score (nSPS) is 11.3. The number of pyridine rings is 1. The zero-order valence-electron chi connectivity index (χ0n) is 9.95. The Bertz CT molecular complexity index is 675. The molecular formula is C12H9F3N4O. The SMILES string of the molecule is N=C(N)c1cc(C(=O)c2cccnc2C(F)(F)F)c[nH]1. The van der Waals surface area contributed by atoms with E-state index in [1.54, 1.807) is 0 Å². The summed E-state index contributed by atoms with van der Waals surface area (Å²) < 4.78 is 38.3. The average Bonchev–Trinajstić information content (AvgIpc) is 2.86. The van der Waals surface area contributed by atoms with Crippen molar-refractivity contribution >= 4 is 11.6 Å². The monoisotopic (exact) mass is 282 g/mol. The Kier molecular flexibility index (Phi) is 3.31. The molecule has 0 fully saturated rings. The van der Waals surface area contributed by atoms with Crippen molar-refractivity contribution in [2.75, 3.05) is 0 Å². The molecule has 5 nitrogen and oxygen atoms in total. The van der Waals surface area contributed by atoms with Crippen LogP contribution in [0.15, 0.2) is 30.6 Å². The second-order valence-corrected chi connectivity index (χ2v) is 3.94. The third kappa shape index (κ3) is 2.53. The van der Waals surface area contributed by atoms with Crippen LogP contribution in [0.4, 0.5) is 13.2 Å². The zero-order chi connectivity index (χ0) is 14.9. The first-order valence-corrected chi connectivity index (χ1v) is 5.40. The molecule has 0 saturated heterocycles. The maximum atomic E-state index is 12.8. The van der Waals surface area contributed by atoms with Gasteiger partial charge in [0.1, 0.15) is 5.84 Å². The van der Waals surface area contributed by atoms with Crippen LogP contribution in [0.25, 0.3) is 0 Å². The molecule has 0 amide bonds. The maximum Gasteiger partial charge on any atom is 0.434 e. The van der Waals surface area contributed by atoms with Crippen molar-refractivity contribution in [1.82, 2.24) is 9.97 Å². The Balaban J connectivity index is 2.46. The molecule has 0 spiro atoms. The number of carbonyl (C=O) groups is 1. The molecule has 20 heavy (non-hydrogen) atoms. The van der Waals surface area contributed by atoms with Crippen LogP contribution in [-0.4, -0.2) is 21.6 Å². The highest BCUT2D eigenvalue weighted by atomic mass is 19.4. The van der Waals surface area contributed by atoms with E-state index in [2.05, 4.69) is 9.97 Å². The summed E-state index contributed by atoms with van der Waals surface area (Å²) in [4.78, 5) is 17.8. The number of amidine groups is 1. The first-order valence-electron chi connectivity index (χ1n) is 5.40. The van der Waals surface area contributed by atoms with E-state index in [1.165, 1.54) is 18.3 Å². The predicted molar refractivity (Wildman–Crippen MR) is 64.5 cm³/mol. The summed E-state index contributed by atoms with van der Waals surface area (Å²) in [6.45, 7) is 0. The van der Waals surface area contributed by atoms with Crippen LogP contribution >= 0.6 is 0 Å². The number of nitrogens with two attached hydrogens (primary N) is 1. The van der Waals surface area contributed by atoms with Gasteiger partial charge in [-0.05, 0) is 18.2 Å². The van der Waals surface area contributed by atoms with Gasteiger partial charge in [-0.2, -0.15) is 13.2 Å². The summed E-state index contributed by atoms with van der Waals surface area (Å²) >= 11 is 0. The summed E-state index contributed by atoms with van der Waals surface area (Å²) in [5.74, 6) is -1.15. The second-order valence-electron chi connectivity index (χ2n) is 3.94. The quantitative estimate of drug-likeness (QED) is 0.456. The third-order valence-corrected chi connectivity index (χ3v) is 2.56. The van der Waals surface area contributed by atoms with E-state index < -0.39 is 23.2 Å². The number of nitrogens with one attached hydrogen (secondary N) is 2. The van der Waals surface area contributed by atoms with Crippen molar-refractivity contribution in [2.24, 2.45) is 5.73 Å². The predicted octanol–water partition coefficient (Wildman–Crippen LogP) is 1.94. The summed E-state index contributed by atoms with van der Waals surface area (Å²) in [6.07, 6.45) is -2.55. The molecule has 0 aromatic carbocycles. The lowest BCUT2D eigenvalue weighted by Gasteiger charge is -2.09. The number of H-pyrrole nitrogens is 1. The molecule has 0 atom stereocenters. The number of nitrogen functional groups attached to an aromatic ring is 1. The van der Waals surface area contributed by atoms with Crippen LogP contribution in [0.1, 0.15) is 27.3 Å². The van der Waals surface area contributed by atoms with Gasteiger partial charge in [0.15, 0.2) is 11.5 Å². The molecule has 2 rings (SSSR count). The van der Waals surface area contributed by atoms with Crippen LogP contribution in [0.5, 0.6) is 0 Å². The summed E-state index contributed by atoms with van der Waals surface area (Å²) in [7, 11) is 0. The van der Waals surface area contributed by atoms with Gasteiger partial charge in [-0.25, -0.2) is 0 Å². The minimum Gasteiger partial charge on any atom is -0.382 e. The number of hydrogen-bond donors (Lipinski definition) is 3. The van der Waals surface area contributed by atoms with Gasteiger partial charge in [0, 0.05) is 18.0 Å². The molecule has 0 aliphatic rings. The van der Waals surface area contributed by atoms with E-state index in [1.807, 2.05) is 0 Å². The first kappa shape index (κ1) is 13.8. The molecule has 0 unspecified atom stereocenters. The van der Waals surface area contributed by atoms with E-state index in [0.29, 0.717) is 0 Å². The fraction of sp³-hybridized carbons (Fsp3) is 0.0833. The van der Waals surface area contributed by atoms with Crippen molar-refractivity contribution in [1.29, 1.82) is 5.41 Å². The number of nitrogens with zero attached hydrogens (tertiary/aromatic N) is 1. The van der Waals surface area contributed by atoms with Gasteiger partial charge in [0.05, 0.1) is 11.3 Å². The van der Waals surface area contributed by atoms with Crippen LogP contribution in [0.2, 0.25) is 0 Å². The van der Waals surface area contributed by atoms with Gasteiger partial charge in [-0.1, -0.05) is 0 Å². The lowest BCUT2D eigenvalue weighted by Crippen LogP contribution is -2.15. The molecule has 2 aromatic rings. The molecule has 4 N–H and O–H groups in total. The number of ketones is 1. The van der Waals surface area contributed by atoms with E-state index in [-0.39, 0.29) is 17.1 Å². The number of halogens is 3. The molecule has 104 valence electrons. The van der Waals surface area contributed by atoms with E-state index in [4.69, 9.17) is 11.1 Å². The van der Waals surface area contributed by atoms with Crippen molar-refractivity contribution in [3.63, 3.8) is 0 Å². The molecule has 0 saturated carbocycles. The van der Waals surface area contributed by atoms with Crippen molar-refractivity contribution < 1.29 is 18.0 Å². The minimum atomic E-state index is -4.72.